The summed E-state index contributed by atoms with van der Waals surface area (Å²) < 4.78 is 5.63. The molecule has 0 spiro atoms. The van der Waals surface area contributed by atoms with Gasteiger partial charge in [-0.1, -0.05) is 42.5 Å². The van der Waals surface area contributed by atoms with Crippen molar-refractivity contribution in [1.29, 1.82) is 0 Å². The van der Waals surface area contributed by atoms with Crippen molar-refractivity contribution in [2.24, 2.45) is 0 Å². The number of carbonyl (C=O) groups excluding carboxylic acids is 1. The van der Waals surface area contributed by atoms with Crippen LogP contribution in [0.4, 0.5) is 0 Å². The van der Waals surface area contributed by atoms with E-state index in [-0.39, 0.29) is 12.3 Å². The smallest absolute Gasteiger partial charge is 0.330 e. The zero-order valence-corrected chi connectivity index (χ0v) is 14.3. The van der Waals surface area contributed by atoms with Gasteiger partial charge in [-0.25, -0.2) is 4.79 Å². The first kappa shape index (κ1) is 18.5. The van der Waals surface area contributed by atoms with Crippen LogP contribution < -0.4 is 10.1 Å². The van der Waals surface area contributed by atoms with E-state index in [0.717, 1.165) is 17.7 Å². The third-order valence-corrected chi connectivity index (χ3v) is 3.74. The van der Waals surface area contributed by atoms with Gasteiger partial charge in [0, 0.05) is 6.42 Å². The summed E-state index contributed by atoms with van der Waals surface area (Å²) >= 11 is 0. The van der Waals surface area contributed by atoms with Crippen LogP contribution in [-0.2, 0) is 9.59 Å². The summed E-state index contributed by atoms with van der Waals surface area (Å²) in [6.45, 7) is 2.53. The van der Waals surface area contributed by atoms with Crippen LogP contribution in [0, 0.1) is 6.92 Å². The van der Waals surface area contributed by atoms with Gasteiger partial charge >= 0.3 is 5.97 Å². The lowest BCUT2D eigenvalue weighted by molar-refractivity contribution is -0.142. The van der Waals surface area contributed by atoms with Crippen LogP contribution in [0.5, 0.6) is 5.75 Å². The number of hydrogen-bond acceptors (Lipinski definition) is 3. The van der Waals surface area contributed by atoms with Crippen LogP contribution in [0.25, 0.3) is 0 Å². The lowest BCUT2D eigenvalue weighted by Gasteiger charge is -2.15. The lowest BCUT2D eigenvalue weighted by atomic mass is 10.1. The number of carboxylic acids is 1. The first-order valence-electron chi connectivity index (χ1n) is 8.33. The predicted molar refractivity (Wildman–Crippen MR) is 95.5 cm³/mol. The minimum absolute atomic E-state index is 0.271. The molecule has 2 aromatic carbocycles. The number of rotatable bonds is 9. The van der Waals surface area contributed by atoms with Crippen LogP contribution in [0.1, 0.15) is 36.4 Å². The second-order valence-corrected chi connectivity index (χ2v) is 5.87. The maximum atomic E-state index is 12.0. The molecule has 0 bridgehead atoms. The van der Waals surface area contributed by atoms with Gasteiger partial charge < -0.3 is 15.2 Å². The number of unbranched alkanes of at least 4 members (excludes halogenated alkanes) is 1. The second kappa shape index (κ2) is 9.47. The molecule has 2 rings (SSSR count). The molecule has 1 amide bonds. The summed E-state index contributed by atoms with van der Waals surface area (Å²) in [5.74, 6) is -0.520. The summed E-state index contributed by atoms with van der Waals surface area (Å²) in [6, 6.07) is 15.5. The van der Waals surface area contributed by atoms with E-state index < -0.39 is 12.0 Å². The van der Waals surface area contributed by atoms with Crippen molar-refractivity contribution in [3.8, 4) is 5.75 Å². The molecule has 0 saturated carbocycles. The van der Waals surface area contributed by atoms with Gasteiger partial charge in [-0.3, -0.25) is 4.79 Å². The van der Waals surface area contributed by atoms with Crippen molar-refractivity contribution in [2.45, 2.75) is 32.2 Å². The van der Waals surface area contributed by atoms with E-state index in [2.05, 4.69) is 5.32 Å². The minimum Gasteiger partial charge on any atom is -0.494 e. The van der Waals surface area contributed by atoms with E-state index in [1.165, 1.54) is 0 Å². The Bertz CT molecular complexity index is 700. The molecule has 0 heterocycles. The van der Waals surface area contributed by atoms with Crippen LogP contribution in [-0.4, -0.2) is 23.6 Å². The zero-order valence-electron chi connectivity index (χ0n) is 14.3. The third kappa shape index (κ3) is 6.30. The van der Waals surface area contributed by atoms with E-state index >= 15 is 0 Å². The van der Waals surface area contributed by atoms with Crippen molar-refractivity contribution >= 4 is 11.9 Å². The Morgan fingerprint density at radius 1 is 1.08 bits per heavy atom. The van der Waals surface area contributed by atoms with Gasteiger partial charge in [0.15, 0.2) is 6.04 Å². The standard InChI is InChI=1S/C20H23NO4/c1-15-8-7-11-17(14-15)25-13-6-5-12-18(22)21-19(20(23)24)16-9-3-2-4-10-16/h2-4,7-11,14,19H,5-6,12-13H2,1H3,(H,21,22)(H,23,24). The summed E-state index contributed by atoms with van der Waals surface area (Å²) in [5, 5.41) is 11.9. The van der Waals surface area contributed by atoms with Crippen LogP contribution in [0.2, 0.25) is 0 Å². The van der Waals surface area contributed by atoms with Crippen molar-refractivity contribution in [2.75, 3.05) is 6.61 Å². The van der Waals surface area contributed by atoms with Crippen LogP contribution in [0.3, 0.4) is 0 Å². The van der Waals surface area contributed by atoms with E-state index in [0.29, 0.717) is 18.6 Å². The Morgan fingerprint density at radius 3 is 2.52 bits per heavy atom. The molecule has 1 atom stereocenters. The second-order valence-electron chi connectivity index (χ2n) is 5.87. The SMILES string of the molecule is Cc1cccc(OCCCCC(=O)NC(C(=O)O)c2ccccc2)c1. The number of aliphatic carboxylic acids is 1. The molecule has 5 nitrogen and oxygen atoms in total. The van der Waals surface area contributed by atoms with Crippen molar-refractivity contribution in [3.63, 3.8) is 0 Å². The summed E-state index contributed by atoms with van der Waals surface area (Å²) in [4.78, 5) is 23.4. The predicted octanol–water partition coefficient (Wildman–Crippen LogP) is 3.49. The average Bonchev–Trinajstić information content (AvgIpc) is 2.60. The first-order chi connectivity index (χ1) is 12.1. The van der Waals surface area contributed by atoms with Gasteiger partial charge in [-0.15, -0.1) is 0 Å². The molecule has 0 aliphatic rings. The fourth-order valence-corrected chi connectivity index (χ4v) is 2.45. The van der Waals surface area contributed by atoms with E-state index in [4.69, 9.17) is 4.74 Å². The third-order valence-electron chi connectivity index (χ3n) is 3.74. The number of amides is 1. The highest BCUT2D eigenvalue weighted by Crippen LogP contribution is 2.14. The highest BCUT2D eigenvalue weighted by molar-refractivity contribution is 5.84. The van der Waals surface area contributed by atoms with E-state index in [1.807, 2.05) is 31.2 Å². The first-order valence-corrected chi connectivity index (χ1v) is 8.33. The maximum Gasteiger partial charge on any atom is 0.330 e. The maximum absolute atomic E-state index is 12.0. The molecule has 1 unspecified atom stereocenters. The number of hydrogen-bond donors (Lipinski definition) is 2. The molecule has 0 fully saturated rings. The molecule has 2 N–H and O–H groups in total. The molecule has 2 aromatic rings. The Hall–Kier alpha value is -2.82. The van der Waals surface area contributed by atoms with E-state index in [1.54, 1.807) is 30.3 Å². The molecule has 132 valence electrons. The van der Waals surface area contributed by atoms with Crippen LogP contribution >= 0.6 is 0 Å². The quantitative estimate of drug-likeness (QED) is 0.685. The van der Waals surface area contributed by atoms with Gasteiger partial charge in [0.05, 0.1) is 6.61 Å². The average molecular weight is 341 g/mol. The lowest BCUT2D eigenvalue weighted by Crippen LogP contribution is -2.33. The topological polar surface area (TPSA) is 75.6 Å². The number of carbonyl (C=O) groups is 2. The Morgan fingerprint density at radius 2 is 1.84 bits per heavy atom. The van der Waals surface area contributed by atoms with Gasteiger partial charge in [-0.05, 0) is 43.0 Å². The Kier molecular flexibility index (Phi) is 7.01. The molecule has 5 heteroatoms. The summed E-state index contributed by atoms with van der Waals surface area (Å²) in [7, 11) is 0. The highest BCUT2D eigenvalue weighted by Gasteiger charge is 2.21. The highest BCUT2D eigenvalue weighted by atomic mass is 16.5. The molecule has 0 radical (unpaired) electrons. The van der Waals surface area contributed by atoms with Crippen molar-refractivity contribution in [3.05, 3.63) is 65.7 Å². The van der Waals surface area contributed by atoms with Gasteiger partial charge in [0.1, 0.15) is 5.75 Å². The molecular weight excluding hydrogens is 318 g/mol. The largest absolute Gasteiger partial charge is 0.494 e. The number of benzene rings is 2. The van der Waals surface area contributed by atoms with Gasteiger partial charge in [0.2, 0.25) is 5.91 Å². The molecule has 0 saturated heterocycles. The van der Waals surface area contributed by atoms with E-state index in [9.17, 15) is 14.7 Å². The fraction of sp³-hybridized carbons (Fsp3) is 0.300. The molecule has 25 heavy (non-hydrogen) atoms. The number of carboxylic acid groups (broad SMARTS) is 1. The number of ether oxygens (including phenoxy) is 1. The Labute approximate surface area is 147 Å². The monoisotopic (exact) mass is 341 g/mol. The van der Waals surface area contributed by atoms with Gasteiger partial charge in [-0.2, -0.15) is 0 Å². The molecular formula is C20H23NO4. The number of aryl methyl sites for hydroxylation is 1. The summed E-state index contributed by atoms with van der Waals surface area (Å²) in [6.07, 6.45) is 1.64. The molecule has 0 aliphatic heterocycles. The number of nitrogens with one attached hydrogen (secondary N) is 1. The zero-order chi connectivity index (χ0) is 18.1. The van der Waals surface area contributed by atoms with Crippen molar-refractivity contribution < 1.29 is 19.4 Å². The Balaban J connectivity index is 1.71. The molecule has 0 aliphatic carbocycles. The fourth-order valence-electron chi connectivity index (χ4n) is 2.45. The molecule has 0 aromatic heterocycles. The van der Waals surface area contributed by atoms with Crippen LogP contribution in [0.15, 0.2) is 54.6 Å². The van der Waals surface area contributed by atoms with Crippen molar-refractivity contribution in [1.82, 2.24) is 5.32 Å². The minimum atomic E-state index is -1.07. The normalized spacial score (nSPS) is 11.6. The van der Waals surface area contributed by atoms with Gasteiger partial charge in [0.25, 0.3) is 0 Å². The summed E-state index contributed by atoms with van der Waals surface area (Å²) in [5.41, 5.74) is 1.70.